The van der Waals surface area contributed by atoms with Crippen molar-refractivity contribution < 1.29 is 19.5 Å². The van der Waals surface area contributed by atoms with Crippen molar-refractivity contribution in [1.29, 1.82) is 0 Å². The smallest absolute Gasteiger partial charge is 0.333 e. The lowest BCUT2D eigenvalue weighted by Crippen LogP contribution is -2.28. The van der Waals surface area contributed by atoms with E-state index >= 15 is 0 Å². The molecule has 0 radical (unpaired) electrons. The Morgan fingerprint density at radius 2 is 1.78 bits per heavy atom. The maximum Gasteiger partial charge on any atom is 0.333 e. The molecule has 0 amide bonds. The lowest BCUT2D eigenvalue weighted by molar-refractivity contribution is 0.155. The summed E-state index contributed by atoms with van der Waals surface area (Å²) in [7, 11) is -4.34. The largest absolute Gasteiger partial charge is 0.392 e. The lowest BCUT2D eigenvalue weighted by Gasteiger charge is -2.22. The number of aliphatic hydroxyl groups excluding tert-OH is 1. The number of benzene rings is 1. The van der Waals surface area contributed by atoms with Gasteiger partial charge in [-0.3, -0.25) is 9.55 Å². The molecule has 1 unspecified atom stereocenters. The molecule has 6 nitrogen and oxygen atoms in total. The molecule has 1 heterocycles. The van der Waals surface area contributed by atoms with E-state index in [1.165, 1.54) is 0 Å². The van der Waals surface area contributed by atoms with Crippen LogP contribution in [-0.2, 0) is 11.1 Å². The van der Waals surface area contributed by atoms with Crippen molar-refractivity contribution in [2.24, 2.45) is 0 Å². The first-order chi connectivity index (χ1) is 11.0. The minimum absolute atomic E-state index is 0.0104. The van der Waals surface area contributed by atoms with Gasteiger partial charge in [-0.05, 0) is 24.1 Å². The van der Waals surface area contributed by atoms with Gasteiger partial charge in [0.05, 0.1) is 17.5 Å². The minimum Gasteiger partial charge on any atom is -0.392 e. The van der Waals surface area contributed by atoms with Gasteiger partial charge < -0.3 is 20.2 Å². The van der Waals surface area contributed by atoms with Crippen LogP contribution in [-0.4, -0.2) is 32.5 Å². The monoisotopic (exact) mass is 336 g/mol. The molecule has 0 saturated carbocycles. The molecule has 1 aromatic heterocycles. The summed E-state index contributed by atoms with van der Waals surface area (Å²) in [6.45, 7) is 0.726. The molecule has 0 fully saturated rings. The number of aliphatic hydroxyl groups is 1. The van der Waals surface area contributed by atoms with E-state index in [9.17, 15) is 19.5 Å². The second-order valence-electron chi connectivity index (χ2n) is 5.36. The third kappa shape index (κ3) is 5.86. The fourth-order valence-corrected chi connectivity index (χ4v) is 3.43. The predicted molar refractivity (Wildman–Crippen MR) is 87.8 cm³/mol. The average molecular weight is 336 g/mol. The van der Waals surface area contributed by atoms with Gasteiger partial charge >= 0.3 is 7.60 Å². The zero-order valence-corrected chi connectivity index (χ0v) is 13.5. The highest BCUT2D eigenvalue weighted by Crippen LogP contribution is 2.54. The molecule has 0 aliphatic heterocycles. The van der Waals surface area contributed by atoms with Gasteiger partial charge in [-0.1, -0.05) is 36.4 Å². The highest BCUT2D eigenvalue weighted by atomic mass is 31.2. The molecule has 2 aromatic rings. The van der Waals surface area contributed by atoms with Crippen LogP contribution in [0.2, 0.25) is 0 Å². The third-order valence-corrected chi connectivity index (χ3v) is 4.82. The number of pyridine rings is 1. The highest BCUT2D eigenvalue weighted by molar-refractivity contribution is 7.52. The Morgan fingerprint density at radius 1 is 1.09 bits per heavy atom. The molecule has 124 valence electrons. The molecule has 0 bridgehead atoms. The van der Waals surface area contributed by atoms with E-state index in [1.807, 2.05) is 18.2 Å². The topological polar surface area (TPSA) is 103 Å². The van der Waals surface area contributed by atoms with Gasteiger partial charge in [0.1, 0.15) is 0 Å². The van der Waals surface area contributed by atoms with Crippen LogP contribution in [0.5, 0.6) is 0 Å². The second kappa shape index (κ2) is 8.34. The van der Waals surface area contributed by atoms with Gasteiger partial charge in [0, 0.05) is 19.3 Å². The summed E-state index contributed by atoms with van der Waals surface area (Å²) in [4.78, 5) is 23.3. The van der Waals surface area contributed by atoms with E-state index in [-0.39, 0.29) is 13.0 Å². The first kappa shape index (κ1) is 17.8. The summed E-state index contributed by atoms with van der Waals surface area (Å²) in [5.41, 5.74) is 0.370. The van der Waals surface area contributed by atoms with Gasteiger partial charge in [0.15, 0.2) is 0 Å². The predicted octanol–water partition coefficient (Wildman–Crippen LogP) is 1.84. The minimum atomic E-state index is -4.34. The van der Waals surface area contributed by atoms with Crippen molar-refractivity contribution >= 4 is 7.60 Å². The van der Waals surface area contributed by atoms with Gasteiger partial charge in [0.2, 0.25) is 0 Å². The van der Waals surface area contributed by atoms with Crippen molar-refractivity contribution in [2.45, 2.75) is 24.7 Å². The van der Waals surface area contributed by atoms with Crippen molar-refractivity contribution in [3.8, 4) is 0 Å². The summed E-state index contributed by atoms with van der Waals surface area (Å²) in [6, 6.07) is 14.1. The van der Waals surface area contributed by atoms with Crippen LogP contribution in [0.25, 0.3) is 0 Å². The molecule has 2 atom stereocenters. The van der Waals surface area contributed by atoms with E-state index in [4.69, 9.17) is 0 Å². The zero-order valence-electron chi connectivity index (χ0n) is 12.6. The molecule has 0 saturated heterocycles. The number of hydrogen-bond donors (Lipinski definition) is 4. The Kier molecular flexibility index (Phi) is 6.45. The molecule has 1 aromatic carbocycles. The Balaban J connectivity index is 1.91. The van der Waals surface area contributed by atoms with E-state index < -0.39 is 19.4 Å². The van der Waals surface area contributed by atoms with Crippen LogP contribution < -0.4 is 5.32 Å². The van der Waals surface area contributed by atoms with E-state index in [0.29, 0.717) is 12.1 Å². The summed E-state index contributed by atoms with van der Waals surface area (Å²) < 4.78 is 11.7. The van der Waals surface area contributed by atoms with Crippen LogP contribution in [0.1, 0.15) is 23.3 Å². The number of rotatable bonds is 8. The molecular weight excluding hydrogens is 315 g/mol. The van der Waals surface area contributed by atoms with Gasteiger partial charge in [-0.2, -0.15) is 0 Å². The summed E-state index contributed by atoms with van der Waals surface area (Å²) in [5, 5.41) is 13.1. The third-order valence-electron chi connectivity index (χ3n) is 3.50. The number of nitrogens with one attached hydrogen (secondary N) is 1. The summed E-state index contributed by atoms with van der Waals surface area (Å²) in [6.07, 6.45) is 0.812. The van der Waals surface area contributed by atoms with Crippen molar-refractivity contribution in [3.05, 3.63) is 66.0 Å². The van der Waals surface area contributed by atoms with Crippen molar-refractivity contribution in [1.82, 2.24) is 10.3 Å². The maximum atomic E-state index is 11.7. The Labute approximate surface area is 135 Å². The lowest BCUT2D eigenvalue weighted by atomic mass is 10.1. The molecule has 0 aliphatic rings. The van der Waals surface area contributed by atoms with Gasteiger partial charge in [-0.15, -0.1) is 0 Å². The Morgan fingerprint density at radius 3 is 2.39 bits per heavy atom. The average Bonchev–Trinajstić information content (AvgIpc) is 2.53. The molecule has 0 aliphatic carbocycles. The normalized spacial score (nSPS) is 14.4. The Hall–Kier alpha value is -1.56. The fourth-order valence-electron chi connectivity index (χ4n) is 2.35. The molecule has 4 N–H and O–H groups in total. The molecular formula is C16H21N2O4P. The first-order valence-electron chi connectivity index (χ1n) is 7.35. The number of nitrogens with zero attached hydrogens (tertiary/aromatic N) is 1. The van der Waals surface area contributed by atoms with Crippen molar-refractivity contribution in [3.63, 3.8) is 0 Å². The molecule has 23 heavy (non-hydrogen) atoms. The molecule has 2 rings (SSSR count). The zero-order chi connectivity index (χ0) is 16.7. The number of aromatic nitrogens is 1. The first-order valence-corrected chi connectivity index (χ1v) is 9.04. The summed E-state index contributed by atoms with van der Waals surface area (Å²) in [5.74, 6) is 0. The number of hydrogen-bond acceptors (Lipinski definition) is 4. The van der Waals surface area contributed by atoms with Crippen LogP contribution in [0, 0.1) is 0 Å². The van der Waals surface area contributed by atoms with E-state index in [1.54, 1.807) is 36.5 Å². The molecule has 7 heteroatoms. The van der Waals surface area contributed by atoms with E-state index in [2.05, 4.69) is 10.3 Å². The van der Waals surface area contributed by atoms with Crippen LogP contribution >= 0.6 is 7.60 Å². The standard InChI is InChI=1S/C16H21N2O4P/c19-15(12-17-11-14-8-4-5-9-18-14)10-16(23(20,21)22)13-6-2-1-3-7-13/h1-9,15-17,19H,10-12H2,(H2,20,21,22)/t15-,16?/m0/s1. The van der Waals surface area contributed by atoms with Gasteiger partial charge in [0.25, 0.3) is 0 Å². The maximum absolute atomic E-state index is 11.7. The van der Waals surface area contributed by atoms with Gasteiger partial charge in [-0.25, -0.2) is 0 Å². The highest BCUT2D eigenvalue weighted by Gasteiger charge is 2.32. The van der Waals surface area contributed by atoms with Crippen LogP contribution in [0.4, 0.5) is 0 Å². The molecule has 0 spiro atoms. The van der Waals surface area contributed by atoms with E-state index in [0.717, 1.165) is 5.69 Å². The fraction of sp³-hybridized carbons (Fsp3) is 0.312. The summed E-state index contributed by atoms with van der Waals surface area (Å²) >= 11 is 0. The van der Waals surface area contributed by atoms with Crippen LogP contribution in [0.15, 0.2) is 54.7 Å². The SMILES string of the molecule is O=P(O)(O)C(C[C@H](O)CNCc1ccccn1)c1ccccc1. The second-order valence-corrected chi connectivity index (χ2v) is 7.16. The quantitative estimate of drug-likeness (QED) is 0.549. The van der Waals surface area contributed by atoms with Crippen LogP contribution in [0.3, 0.4) is 0 Å². The Bertz CT molecular complexity index is 633. The van der Waals surface area contributed by atoms with Crippen molar-refractivity contribution in [2.75, 3.05) is 6.54 Å².